The maximum atomic E-state index is 12.3. The van der Waals surface area contributed by atoms with Crippen LogP contribution >= 0.6 is 11.5 Å². The molecule has 0 aliphatic heterocycles. The third-order valence-electron chi connectivity index (χ3n) is 4.71. The number of carbonyl (C=O) groups excluding carboxylic acids is 1. The Morgan fingerprint density at radius 3 is 2.52 bits per heavy atom. The van der Waals surface area contributed by atoms with Gasteiger partial charge in [-0.25, -0.2) is 4.98 Å². The maximum absolute atomic E-state index is 12.3. The summed E-state index contributed by atoms with van der Waals surface area (Å²) < 4.78 is 15.8. The summed E-state index contributed by atoms with van der Waals surface area (Å²) in [6.07, 6.45) is 1.55. The van der Waals surface area contributed by atoms with Crippen LogP contribution in [0.5, 0.6) is 5.88 Å². The number of hydrogen-bond donors (Lipinski definition) is 2. The fourth-order valence-corrected chi connectivity index (χ4v) is 3.74. The lowest BCUT2D eigenvalue weighted by atomic mass is 10.2. The number of nitrogens with two attached hydrogens (primary N) is 1. The molecular formula is C18H28N4O3SSi. The molecule has 0 radical (unpaired) electrons. The molecule has 0 aromatic carbocycles. The molecule has 2 heterocycles. The zero-order valence-corrected chi connectivity index (χ0v) is 18.6. The molecule has 0 fully saturated rings. The van der Waals surface area contributed by atoms with Crippen LogP contribution in [0, 0.1) is 6.92 Å². The molecule has 0 aliphatic carbocycles. The Hall–Kier alpha value is -1.97. The molecule has 1 amide bonds. The van der Waals surface area contributed by atoms with Gasteiger partial charge in [-0.3, -0.25) is 4.79 Å². The van der Waals surface area contributed by atoms with Gasteiger partial charge in [0.05, 0.1) is 29.7 Å². The molecule has 0 bridgehead atoms. The van der Waals surface area contributed by atoms with Crippen molar-refractivity contribution in [3.05, 3.63) is 29.6 Å². The summed E-state index contributed by atoms with van der Waals surface area (Å²) in [5, 5.41) is 3.34. The fraction of sp³-hybridized carbons (Fsp3) is 0.500. The number of nitrogen functional groups attached to an aromatic ring is 1. The van der Waals surface area contributed by atoms with Crippen molar-refractivity contribution in [3.8, 4) is 5.88 Å². The van der Waals surface area contributed by atoms with Gasteiger partial charge >= 0.3 is 0 Å². The number of anilines is 2. The van der Waals surface area contributed by atoms with Crippen LogP contribution in [0.2, 0.25) is 18.1 Å². The van der Waals surface area contributed by atoms with Gasteiger partial charge in [-0.2, -0.15) is 4.37 Å². The predicted molar refractivity (Wildman–Crippen MR) is 112 cm³/mol. The van der Waals surface area contributed by atoms with Crippen molar-refractivity contribution in [2.45, 2.75) is 45.8 Å². The second-order valence-corrected chi connectivity index (χ2v) is 13.4. The van der Waals surface area contributed by atoms with Crippen molar-refractivity contribution in [2.24, 2.45) is 0 Å². The van der Waals surface area contributed by atoms with Gasteiger partial charge < -0.3 is 20.2 Å². The lowest BCUT2D eigenvalue weighted by Gasteiger charge is -2.36. The van der Waals surface area contributed by atoms with Crippen molar-refractivity contribution >= 4 is 36.4 Å². The average Bonchev–Trinajstić information content (AvgIpc) is 2.91. The van der Waals surface area contributed by atoms with E-state index in [0.717, 1.165) is 11.5 Å². The third-order valence-corrected chi connectivity index (χ3v) is 10.0. The number of ether oxygens (including phenoxy) is 1. The number of rotatable bonds is 7. The van der Waals surface area contributed by atoms with Crippen LogP contribution in [0.4, 0.5) is 10.7 Å². The first kappa shape index (κ1) is 21.3. The first-order chi connectivity index (χ1) is 12.5. The van der Waals surface area contributed by atoms with Crippen molar-refractivity contribution in [2.75, 3.05) is 24.3 Å². The minimum atomic E-state index is -1.77. The van der Waals surface area contributed by atoms with Gasteiger partial charge in [0.2, 0.25) is 5.88 Å². The lowest BCUT2D eigenvalue weighted by molar-refractivity contribution is 0.102. The molecule has 27 heavy (non-hydrogen) atoms. The molecule has 3 N–H and O–H groups in total. The van der Waals surface area contributed by atoms with Gasteiger partial charge in [0.15, 0.2) is 8.32 Å². The Morgan fingerprint density at radius 2 is 2.00 bits per heavy atom. The molecule has 0 spiro atoms. The number of amides is 1. The number of aromatic nitrogens is 2. The lowest BCUT2D eigenvalue weighted by Crippen LogP contribution is -2.41. The molecule has 0 saturated heterocycles. The van der Waals surface area contributed by atoms with Gasteiger partial charge in [0.1, 0.15) is 11.6 Å². The molecule has 2 aromatic heterocycles. The van der Waals surface area contributed by atoms with E-state index >= 15 is 0 Å². The number of nitrogens with zero attached hydrogens (tertiary/aromatic N) is 2. The van der Waals surface area contributed by atoms with Gasteiger partial charge in [0.25, 0.3) is 5.91 Å². The second-order valence-electron chi connectivity index (χ2n) is 7.80. The minimum absolute atomic E-state index is 0.171. The molecule has 7 nitrogen and oxygen atoms in total. The molecule has 2 rings (SSSR count). The summed E-state index contributed by atoms with van der Waals surface area (Å²) in [5.74, 6) is 0.191. The van der Waals surface area contributed by atoms with E-state index in [4.69, 9.17) is 14.9 Å². The number of nitrogens with one attached hydrogen (secondary N) is 1. The van der Waals surface area contributed by atoms with Crippen LogP contribution in [-0.2, 0) is 4.43 Å². The summed E-state index contributed by atoms with van der Waals surface area (Å²) in [7, 11) is -1.77. The zero-order valence-electron chi connectivity index (χ0n) is 16.8. The van der Waals surface area contributed by atoms with E-state index in [-0.39, 0.29) is 10.9 Å². The summed E-state index contributed by atoms with van der Waals surface area (Å²) in [5.41, 5.74) is 7.38. The number of carbonyl (C=O) groups is 1. The highest BCUT2D eigenvalue weighted by atomic mass is 32.1. The van der Waals surface area contributed by atoms with E-state index in [2.05, 4.69) is 48.5 Å². The van der Waals surface area contributed by atoms with E-state index in [1.807, 2.05) is 0 Å². The van der Waals surface area contributed by atoms with Gasteiger partial charge in [-0.15, -0.1) is 0 Å². The number of aryl methyl sites for hydroxylation is 1. The van der Waals surface area contributed by atoms with Crippen molar-refractivity contribution < 1.29 is 14.0 Å². The summed E-state index contributed by atoms with van der Waals surface area (Å²) in [4.78, 5) is 16.5. The molecule has 0 saturated carbocycles. The topological polar surface area (TPSA) is 99.4 Å². The van der Waals surface area contributed by atoms with Crippen LogP contribution in [0.15, 0.2) is 18.3 Å². The van der Waals surface area contributed by atoms with Crippen LogP contribution in [-0.4, -0.2) is 36.8 Å². The monoisotopic (exact) mass is 408 g/mol. The first-order valence-corrected chi connectivity index (χ1v) is 12.5. The van der Waals surface area contributed by atoms with E-state index in [1.54, 1.807) is 25.3 Å². The van der Waals surface area contributed by atoms with E-state index < -0.39 is 8.32 Å². The molecule has 148 valence electrons. The SMILES string of the molecule is Cc1nsc(N)c1C(=O)Nc1ccc(OCCO[Si](C)(C)C(C)(C)C)nc1. The Balaban J connectivity index is 1.84. The van der Waals surface area contributed by atoms with Gasteiger partial charge in [-0.1, -0.05) is 20.8 Å². The van der Waals surface area contributed by atoms with Crippen LogP contribution < -0.4 is 15.8 Å². The fourth-order valence-electron chi connectivity index (χ4n) is 2.06. The van der Waals surface area contributed by atoms with E-state index in [0.29, 0.717) is 41.0 Å². The molecule has 0 unspecified atom stereocenters. The minimum Gasteiger partial charge on any atom is -0.475 e. The Bertz CT molecular complexity index is 765. The van der Waals surface area contributed by atoms with Crippen LogP contribution in [0.3, 0.4) is 0 Å². The van der Waals surface area contributed by atoms with Crippen LogP contribution in [0.1, 0.15) is 36.8 Å². The largest absolute Gasteiger partial charge is 0.475 e. The van der Waals surface area contributed by atoms with Gasteiger partial charge in [0, 0.05) is 6.07 Å². The summed E-state index contributed by atoms with van der Waals surface area (Å²) in [6.45, 7) is 13.7. The number of hydrogen-bond acceptors (Lipinski definition) is 7. The molecule has 9 heteroatoms. The Labute approximate surface area is 165 Å². The maximum Gasteiger partial charge on any atom is 0.260 e. The average molecular weight is 409 g/mol. The first-order valence-electron chi connectivity index (χ1n) is 8.77. The van der Waals surface area contributed by atoms with Crippen molar-refractivity contribution in [1.29, 1.82) is 0 Å². The molecule has 2 aromatic rings. The van der Waals surface area contributed by atoms with E-state index in [1.165, 1.54) is 0 Å². The normalized spacial score (nSPS) is 12.1. The smallest absolute Gasteiger partial charge is 0.260 e. The zero-order chi connectivity index (χ0) is 20.2. The Morgan fingerprint density at radius 1 is 1.30 bits per heavy atom. The van der Waals surface area contributed by atoms with Crippen molar-refractivity contribution in [3.63, 3.8) is 0 Å². The summed E-state index contributed by atoms with van der Waals surface area (Å²) >= 11 is 1.11. The Kier molecular flexibility index (Phi) is 6.61. The van der Waals surface area contributed by atoms with Crippen LogP contribution in [0.25, 0.3) is 0 Å². The highest BCUT2D eigenvalue weighted by Gasteiger charge is 2.36. The molecule has 0 atom stereocenters. The van der Waals surface area contributed by atoms with Crippen molar-refractivity contribution in [1.82, 2.24) is 9.36 Å². The molecule has 0 aliphatic rings. The quantitative estimate of drug-likeness (QED) is 0.529. The van der Waals surface area contributed by atoms with E-state index in [9.17, 15) is 4.79 Å². The van der Waals surface area contributed by atoms with Gasteiger partial charge in [-0.05, 0) is 42.7 Å². The highest BCUT2D eigenvalue weighted by Crippen LogP contribution is 2.36. The standard InChI is InChI=1S/C18H28N4O3SSi/c1-12-15(16(19)26-22-12)17(23)21-13-7-8-14(20-11-13)24-9-10-25-27(5,6)18(2,3)4/h7-8,11H,9-10,19H2,1-6H3,(H,21,23). The molecular weight excluding hydrogens is 380 g/mol. The second kappa shape index (κ2) is 8.36. The highest BCUT2D eigenvalue weighted by molar-refractivity contribution is 7.10. The predicted octanol–water partition coefficient (Wildman–Crippen LogP) is 4.08. The third kappa shape index (κ3) is 5.50. The number of pyridine rings is 1. The summed E-state index contributed by atoms with van der Waals surface area (Å²) in [6, 6.07) is 3.45.